The van der Waals surface area contributed by atoms with Crippen LogP contribution in [0.5, 0.6) is 0 Å². The molecule has 0 unspecified atom stereocenters. The van der Waals surface area contributed by atoms with Gasteiger partial charge in [0.1, 0.15) is 0 Å². The smallest absolute Gasteiger partial charge is 0.321 e. The minimum atomic E-state index is -0.177. The van der Waals surface area contributed by atoms with Gasteiger partial charge in [0.15, 0.2) is 0 Å². The van der Waals surface area contributed by atoms with Gasteiger partial charge < -0.3 is 14.8 Å². The van der Waals surface area contributed by atoms with Crippen LogP contribution in [0, 0.1) is 17.2 Å². The van der Waals surface area contributed by atoms with Gasteiger partial charge in [-0.3, -0.25) is 4.79 Å². The highest BCUT2D eigenvalue weighted by atomic mass is 35.5. The number of anilines is 1. The van der Waals surface area contributed by atoms with Gasteiger partial charge in [-0.2, -0.15) is 5.26 Å². The van der Waals surface area contributed by atoms with Crippen LogP contribution in [0.4, 0.5) is 10.5 Å². The number of carbonyl (C=O) groups excluding carboxylic acids is 1. The highest BCUT2D eigenvalue weighted by Crippen LogP contribution is 2.36. The molecule has 2 aliphatic rings. The lowest BCUT2D eigenvalue weighted by atomic mass is 9.83. The molecule has 3 aromatic rings. The van der Waals surface area contributed by atoms with Crippen LogP contribution in [0.3, 0.4) is 0 Å². The molecule has 7 heteroatoms. The minimum Gasteiger partial charge on any atom is -0.324 e. The van der Waals surface area contributed by atoms with E-state index in [4.69, 9.17) is 16.9 Å². The normalized spacial score (nSPS) is 19.1. The molecule has 2 aromatic carbocycles. The van der Waals surface area contributed by atoms with Crippen LogP contribution in [-0.4, -0.2) is 28.6 Å². The van der Waals surface area contributed by atoms with E-state index >= 15 is 0 Å². The summed E-state index contributed by atoms with van der Waals surface area (Å²) in [7, 11) is 0. The van der Waals surface area contributed by atoms with E-state index in [9.17, 15) is 9.59 Å². The average Bonchev–Trinajstić information content (AvgIpc) is 2.80. The van der Waals surface area contributed by atoms with Crippen molar-refractivity contribution in [1.29, 1.82) is 5.26 Å². The summed E-state index contributed by atoms with van der Waals surface area (Å²) in [6, 6.07) is 20.0. The fourth-order valence-corrected chi connectivity index (χ4v) is 4.96. The Morgan fingerprint density at radius 3 is 2.66 bits per heavy atom. The maximum atomic E-state index is 13.3. The third-order valence-corrected chi connectivity index (χ3v) is 6.54. The monoisotopic (exact) mass is 444 g/mol. The predicted octanol–water partition coefficient (Wildman–Crippen LogP) is 4.69. The predicted molar refractivity (Wildman–Crippen MR) is 124 cm³/mol. The number of amides is 2. The fraction of sp³-hybridized carbons (Fsp3) is 0.240. The molecule has 2 amide bonds. The molecule has 5 rings (SSSR count). The van der Waals surface area contributed by atoms with Crippen molar-refractivity contribution in [2.75, 3.05) is 18.4 Å². The molecule has 2 aliphatic heterocycles. The first kappa shape index (κ1) is 20.3. The summed E-state index contributed by atoms with van der Waals surface area (Å²) in [5, 5.41) is 12.6. The molecule has 2 atom stereocenters. The van der Waals surface area contributed by atoms with E-state index in [0.29, 0.717) is 41.5 Å². The molecule has 32 heavy (non-hydrogen) atoms. The summed E-state index contributed by atoms with van der Waals surface area (Å²) in [6.45, 7) is 1.75. The lowest BCUT2D eigenvalue weighted by Gasteiger charge is -2.42. The van der Waals surface area contributed by atoms with E-state index in [1.54, 1.807) is 36.4 Å². The van der Waals surface area contributed by atoms with E-state index in [0.717, 1.165) is 17.7 Å². The van der Waals surface area contributed by atoms with Gasteiger partial charge in [-0.25, -0.2) is 4.79 Å². The van der Waals surface area contributed by atoms with Crippen LogP contribution < -0.4 is 10.9 Å². The lowest BCUT2D eigenvalue weighted by molar-refractivity contribution is 0.139. The number of fused-ring (bicyclic) bond motifs is 4. The Morgan fingerprint density at radius 1 is 1.06 bits per heavy atom. The standard InChI is InChI=1S/C25H21ClN4O2/c26-20-6-4-18(5-7-20)22-8-9-23-19-10-17(14-30(23)24(22)31)13-29(15-19)25(32)28-21-3-1-2-16(11-21)12-27/h1-9,11,17,19H,10,13-15H2,(H,28,32)/t17-,19+/m0/s1. The molecular formula is C25H21ClN4O2. The van der Waals surface area contributed by atoms with Gasteiger partial charge in [0.2, 0.25) is 0 Å². The quantitative estimate of drug-likeness (QED) is 0.622. The molecular weight excluding hydrogens is 424 g/mol. The van der Waals surface area contributed by atoms with Crippen LogP contribution >= 0.6 is 11.6 Å². The molecule has 0 radical (unpaired) electrons. The number of nitriles is 1. The van der Waals surface area contributed by atoms with Gasteiger partial charge in [-0.05, 0) is 60.4 Å². The first-order valence-corrected chi connectivity index (χ1v) is 11.0. The van der Waals surface area contributed by atoms with Crippen LogP contribution in [0.1, 0.15) is 23.6 Å². The van der Waals surface area contributed by atoms with Gasteiger partial charge >= 0.3 is 6.03 Å². The Kier molecular flexibility index (Phi) is 5.20. The summed E-state index contributed by atoms with van der Waals surface area (Å²) in [5.41, 5.74) is 3.61. The number of carbonyl (C=O) groups is 1. The highest BCUT2D eigenvalue weighted by Gasteiger charge is 2.36. The third-order valence-electron chi connectivity index (χ3n) is 6.29. The first-order chi connectivity index (χ1) is 15.5. The summed E-state index contributed by atoms with van der Waals surface area (Å²) < 4.78 is 1.88. The summed E-state index contributed by atoms with van der Waals surface area (Å²) >= 11 is 5.99. The number of halogens is 1. The number of aromatic nitrogens is 1. The number of nitrogens with zero attached hydrogens (tertiary/aromatic N) is 3. The van der Waals surface area contributed by atoms with E-state index < -0.39 is 0 Å². The van der Waals surface area contributed by atoms with Gasteiger partial charge in [-0.1, -0.05) is 29.8 Å². The van der Waals surface area contributed by atoms with Gasteiger partial charge in [0.05, 0.1) is 11.6 Å². The molecule has 0 aliphatic carbocycles. The molecule has 2 bridgehead atoms. The lowest BCUT2D eigenvalue weighted by Crippen LogP contribution is -2.50. The molecule has 1 fully saturated rings. The van der Waals surface area contributed by atoms with Crippen LogP contribution in [-0.2, 0) is 6.54 Å². The first-order valence-electron chi connectivity index (χ1n) is 10.6. The van der Waals surface area contributed by atoms with Crippen molar-refractivity contribution < 1.29 is 4.79 Å². The van der Waals surface area contributed by atoms with E-state index in [1.807, 2.05) is 33.7 Å². The Labute approximate surface area is 190 Å². The zero-order valence-electron chi connectivity index (χ0n) is 17.3. The van der Waals surface area contributed by atoms with Crippen LogP contribution in [0.2, 0.25) is 5.02 Å². The van der Waals surface area contributed by atoms with Crippen molar-refractivity contribution in [2.24, 2.45) is 5.92 Å². The second-order valence-corrected chi connectivity index (χ2v) is 8.86. The number of piperidine rings is 1. The molecule has 0 spiro atoms. The van der Waals surface area contributed by atoms with E-state index in [1.165, 1.54) is 0 Å². The summed E-state index contributed by atoms with van der Waals surface area (Å²) in [6.07, 6.45) is 0.966. The maximum absolute atomic E-state index is 13.3. The van der Waals surface area contributed by atoms with Crippen molar-refractivity contribution in [1.82, 2.24) is 9.47 Å². The second-order valence-electron chi connectivity index (χ2n) is 8.42. The van der Waals surface area contributed by atoms with Gasteiger partial charge in [-0.15, -0.1) is 0 Å². The highest BCUT2D eigenvalue weighted by molar-refractivity contribution is 6.30. The molecule has 1 saturated heterocycles. The number of nitrogens with one attached hydrogen (secondary N) is 1. The minimum absolute atomic E-state index is 0.00532. The maximum Gasteiger partial charge on any atom is 0.321 e. The SMILES string of the molecule is N#Cc1cccc(NC(=O)N2C[C@@H]3C[C@H](C2)c2ccc(-c4ccc(Cl)cc4)c(=O)n2C3)c1. The number of benzene rings is 2. The second kappa shape index (κ2) is 8.18. The molecule has 0 saturated carbocycles. The largest absolute Gasteiger partial charge is 0.324 e. The topological polar surface area (TPSA) is 78.1 Å². The van der Waals surface area contributed by atoms with Crippen molar-refractivity contribution >= 4 is 23.3 Å². The number of likely N-dealkylation sites (tertiary alicyclic amines) is 1. The van der Waals surface area contributed by atoms with E-state index in [-0.39, 0.29) is 23.4 Å². The van der Waals surface area contributed by atoms with Crippen molar-refractivity contribution in [2.45, 2.75) is 18.9 Å². The Bertz CT molecular complexity index is 1290. The Morgan fingerprint density at radius 2 is 1.88 bits per heavy atom. The van der Waals surface area contributed by atoms with Gasteiger partial charge in [0, 0.05) is 47.5 Å². The van der Waals surface area contributed by atoms with Crippen LogP contribution in [0.15, 0.2) is 65.5 Å². The molecule has 3 heterocycles. The van der Waals surface area contributed by atoms with Crippen molar-refractivity contribution in [3.63, 3.8) is 0 Å². The zero-order valence-corrected chi connectivity index (χ0v) is 18.0. The van der Waals surface area contributed by atoms with Crippen molar-refractivity contribution in [3.05, 3.63) is 87.3 Å². The summed E-state index contributed by atoms with van der Waals surface area (Å²) in [5.74, 6) is 0.335. The van der Waals surface area contributed by atoms with Gasteiger partial charge in [0.25, 0.3) is 5.56 Å². The Balaban J connectivity index is 1.38. The number of pyridine rings is 1. The average molecular weight is 445 g/mol. The molecule has 160 valence electrons. The number of hydrogen-bond acceptors (Lipinski definition) is 3. The zero-order chi connectivity index (χ0) is 22.2. The number of hydrogen-bond donors (Lipinski definition) is 1. The van der Waals surface area contributed by atoms with Crippen LogP contribution in [0.25, 0.3) is 11.1 Å². The fourth-order valence-electron chi connectivity index (χ4n) is 4.83. The molecule has 6 nitrogen and oxygen atoms in total. The van der Waals surface area contributed by atoms with Crippen molar-refractivity contribution in [3.8, 4) is 17.2 Å². The number of urea groups is 1. The molecule has 1 aromatic heterocycles. The molecule has 1 N–H and O–H groups in total. The summed E-state index contributed by atoms with van der Waals surface area (Å²) in [4.78, 5) is 28.0. The Hall–Kier alpha value is -3.56. The number of rotatable bonds is 2. The third kappa shape index (κ3) is 3.76. The van der Waals surface area contributed by atoms with E-state index in [2.05, 4.69) is 11.4 Å².